The molecule has 4 rings (SSSR count). The lowest BCUT2D eigenvalue weighted by atomic mass is 9.96. The van der Waals surface area contributed by atoms with Crippen molar-refractivity contribution in [2.75, 3.05) is 0 Å². The number of nitrogens with zero attached hydrogens (tertiary/aromatic N) is 1. The molecule has 0 amide bonds. The van der Waals surface area contributed by atoms with Gasteiger partial charge in [0.2, 0.25) is 11.7 Å². The van der Waals surface area contributed by atoms with Crippen molar-refractivity contribution in [1.82, 2.24) is 5.43 Å². The van der Waals surface area contributed by atoms with Crippen LogP contribution in [0, 0.1) is 0 Å². The van der Waals surface area contributed by atoms with E-state index in [9.17, 15) is 4.79 Å². The first-order valence-electron chi connectivity index (χ1n) is 7.79. The molecule has 3 aromatic rings. The third kappa shape index (κ3) is 2.24. The molecule has 1 N–H and O–H groups in total. The molecule has 118 valence electrons. The molecule has 0 aromatic heterocycles. The van der Waals surface area contributed by atoms with Crippen molar-refractivity contribution < 1.29 is 9.53 Å². The van der Waals surface area contributed by atoms with Crippen LogP contribution in [0.5, 0.6) is 0 Å². The average Bonchev–Trinajstić information content (AvgIpc) is 3.09. The molecular formula is C20H16N2O2. The topological polar surface area (TPSA) is 50.7 Å². The van der Waals surface area contributed by atoms with Crippen molar-refractivity contribution in [3.63, 3.8) is 0 Å². The number of nitrogens with one attached hydrogen (secondary N) is 1. The first kappa shape index (κ1) is 14.5. The van der Waals surface area contributed by atoms with Crippen molar-refractivity contribution in [2.24, 2.45) is 5.10 Å². The van der Waals surface area contributed by atoms with Gasteiger partial charge in [-0.1, -0.05) is 54.6 Å². The highest BCUT2D eigenvalue weighted by molar-refractivity contribution is 5.99. The Balaban J connectivity index is 1.76. The third-order valence-corrected chi connectivity index (χ3v) is 4.24. The summed E-state index contributed by atoms with van der Waals surface area (Å²) in [5, 5.41) is 6.42. The molecule has 4 heteroatoms. The Morgan fingerprint density at radius 3 is 2.42 bits per heavy atom. The minimum absolute atomic E-state index is 0.146. The maximum atomic E-state index is 12.4. The Labute approximate surface area is 139 Å². The van der Waals surface area contributed by atoms with Gasteiger partial charge in [0.05, 0.1) is 0 Å². The summed E-state index contributed by atoms with van der Waals surface area (Å²) in [7, 11) is 0. The van der Waals surface area contributed by atoms with E-state index in [0.717, 1.165) is 21.9 Å². The van der Waals surface area contributed by atoms with E-state index in [1.807, 2.05) is 72.8 Å². The van der Waals surface area contributed by atoms with Gasteiger partial charge in [0.1, 0.15) is 0 Å². The van der Waals surface area contributed by atoms with E-state index in [4.69, 9.17) is 4.74 Å². The molecule has 0 radical (unpaired) electrons. The minimum atomic E-state index is -1.28. The van der Waals surface area contributed by atoms with Gasteiger partial charge < -0.3 is 4.74 Å². The Morgan fingerprint density at radius 1 is 0.958 bits per heavy atom. The van der Waals surface area contributed by atoms with Crippen LogP contribution in [-0.2, 0) is 15.3 Å². The van der Waals surface area contributed by atoms with Crippen molar-refractivity contribution in [3.8, 4) is 0 Å². The molecule has 3 aromatic carbocycles. The van der Waals surface area contributed by atoms with Crippen LogP contribution in [0.3, 0.4) is 0 Å². The summed E-state index contributed by atoms with van der Waals surface area (Å²) in [5.41, 5.74) is 3.20. The van der Waals surface area contributed by atoms with Crippen molar-refractivity contribution >= 4 is 22.5 Å². The first-order valence-corrected chi connectivity index (χ1v) is 7.79. The molecule has 4 nitrogen and oxygen atoms in total. The molecule has 0 spiro atoms. The van der Waals surface area contributed by atoms with Crippen LogP contribution in [-0.4, -0.2) is 11.7 Å². The quantitative estimate of drug-likeness (QED) is 0.804. The number of hydrogen-bond donors (Lipinski definition) is 1. The Morgan fingerprint density at radius 2 is 1.67 bits per heavy atom. The van der Waals surface area contributed by atoms with E-state index < -0.39 is 5.72 Å². The lowest BCUT2D eigenvalue weighted by Crippen LogP contribution is -2.44. The molecular weight excluding hydrogens is 300 g/mol. The summed E-state index contributed by atoms with van der Waals surface area (Å²) in [6.07, 6.45) is 0. The summed E-state index contributed by atoms with van der Waals surface area (Å²) in [6, 6.07) is 23.4. The molecule has 0 aliphatic carbocycles. The number of hydrazone groups is 1. The van der Waals surface area contributed by atoms with Crippen LogP contribution in [0.1, 0.15) is 18.1 Å². The number of rotatable bonds is 3. The van der Waals surface area contributed by atoms with E-state index in [0.29, 0.717) is 5.90 Å². The van der Waals surface area contributed by atoms with Crippen LogP contribution >= 0.6 is 0 Å². The molecule has 1 aliphatic rings. The van der Waals surface area contributed by atoms with Gasteiger partial charge in [0, 0.05) is 18.1 Å². The average molecular weight is 316 g/mol. The van der Waals surface area contributed by atoms with Gasteiger partial charge in [0.25, 0.3) is 5.72 Å². The van der Waals surface area contributed by atoms with Crippen LogP contribution in [0.15, 0.2) is 77.9 Å². The Hall–Kier alpha value is -3.14. The van der Waals surface area contributed by atoms with Crippen LogP contribution < -0.4 is 5.43 Å². The fraction of sp³-hybridized carbons (Fsp3) is 0.100. The fourth-order valence-electron chi connectivity index (χ4n) is 2.91. The highest BCUT2D eigenvalue weighted by Gasteiger charge is 2.45. The fourth-order valence-corrected chi connectivity index (χ4v) is 2.91. The first-order chi connectivity index (χ1) is 11.7. The van der Waals surface area contributed by atoms with Crippen LogP contribution in [0.2, 0.25) is 0 Å². The summed E-state index contributed by atoms with van der Waals surface area (Å²) >= 11 is 0. The van der Waals surface area contributed by atoms with Gasteiger partial charge in [-0.25, -0.2) is 0 Å². The number of benzene rings is 3. The summed E-state index contributed by atoms with van der Waals surface area (Å²) in [4.78, 5) is 12.4. The molecule has 0 saturated carbocycles. The SMILES string of the molecule is CC(=O)C1(c2ccc3ccccc3c2)NN=C(c2ccccc2)O1. The Kier molecular flexibility index (Phi) is 3.31. The number of carbonyl (C=O) groups excluding carboxylic acids is 1. The zero-order valence-corrected chi connectivity index (χ0v) is 13.2. The largest absolute Gasteiger partial charge is 0.436 e. The normalized spacial score (nSPS) is 19.5. The maximum Gasteiger partial charge on any atom is 0.282 e. The Bertz CT molecular complexity index is 950. The van der Waals surface area contributed by atoms with Crippen molar-refractivity contribution in [2.45, 2.75) is 12.6 Å². The smallest absolute Gasteiger partial charge is 0.282 e. The standard InChI is InChI=1S/C20H16N2O2/c1-14(23)20(18-12-11-15-7-5-6-10-17(15)13-18)22-21-19(24-20)16-8-3-2-4-9-16/h2-13,22H,1H3. The zero-order chi connectivity index (χ0) is 16.6. The van der Waals surface area contributed by atoms with Gasteiger partial charge in [-0.05, 0) is 29.0 Å². The predicted molar refractivity (Wildman–Crippen MR) is 93.5 cm³/mol. The second-order valence-corrected chi connectivity index (χ2v) is 5.80. The summed E-state index contributed by atoms with van der Waals surface area (Å²) < 4.78 is 6.02. The number of carbonyl (C=O) groups is 1. The number of fused-ring (bicyclic) bond motifs is 1. The lowest BCUT2D eigenvalue weighted by molar-refractivity contribution is -0.135. The van der Waals surface area contributed by atoms with Gasteiger partial charge in [-0.2, -0.15) is 0 Å². The van der Waals surface area contributed by atoms with E-state index in [1.54, 1.807) is 0 Å². The maximum absolute atomic E-state index is 12.4. The molecule has 1 unspecified atom stereocenters. The summed E-state index contributed by atoms with van der Waals surface area (Å²) in [5.74, 6) is 0.270. The van der Waals surface area contributed by atoms with Gasteiger partial charge in [-0.3, -0.25) is 10.2 Å². The van der Waals surface area contributed by atoms with E-state index in [-0.39, 0.29) is 5.78 Å². The van der Waals surface area contributed by atoms with Gasteiger partial charge in [-0.15, -0.1) is 5.10 Å². The second kappa shape index (κ2) is 5.49. The van der Waals surface area contributed by atoms with Crippen molar-refractivity contribution in [1.29, 1.82) is 0 Å². The molecule has 0 saturated heterocycles. The highest BCUT2D eigenvalue weighted by atomic mass is 16.5. The predicted octanol–water partition coefficient (Wildman–Crippen LogP) is 3.56. The number of ether oxygens (including phenoxy) is 1. The van der Waals surface area contributed by atoms with E-state index in [2.05, 4.69) is 10.5 Å². The molecule has 24 heavy (non-hydrogen) atoms. The summed E-state index contributed by atoms with van der Waals surface area (Å²) in [6.45, 7) is 1.51. The van der Waals surface area contributed by atoms with Crippen LogP contribution in [0.25, 0.3) is 10.8 Å². The van der Waals surface area contributed by atoms with Gasteiger partial charge >= 0.3 is 0 Å². The van der Waals surface area contributed by atoms with Gasteiger partial charge in [0.15, 0.2) is 0 Å². The third-order valence-electron chi connectivity index (χ3n) is 4.24. The monoisotopic (exact) mass is 316 g/mol. The molecule has 0 bridgehead atoms. The van der Waals surface area contributed by atoms with Crippen LogP contribution in [0.4, 0.5) is 0 Å². The number of Topliss-reactive ketones (excluding diaryl/α,β-unsaturated/α-hetero) is 1. The second-order valence-electron chi connectivity index (χ2n) is 5.80. The van der Waals surface area contributed by atoms with E-state index >= 15 is 0 Å². The number of ketones is 1. The molecule has 1 atom stereocenters. The lowest BCUT2D eigenvalue weighted by Gasteiger charge is -2.26. The minimum Gasteiger partial charge on any atom is -0.436 e. The van der Waals surface area contributed by atoms with E-state index in [1.165, 1.54) is 6.92 Å². The molecule has 1 aliphatic heterocycles. The molecule has 0 fully saturated rings. The van der Waals surface area contributed by atoms with Crippen molar-refractivity contribution in [3.05, 3.63) is 83.9 Å². The zero-order valence-electron chi connectivity index (χ0n) is 13.2. The number of hydrogen-bond acceptors (Lipinski definition) is 4. The highest BCUT2D eigenvalue weighted by Crippen LogP contribution is 2.31. The molecule has 1 heterocycles.